The molecule has 1 fully saturated rings. The van der Waals surface area contributed by atoms with Crippen molar-refractivity contribution in [1.82, 2.24) is 19.7 Å². The van der Waals surface area contributed by atoms with Gasteiger partial charge in [0.25, 0.3) is 0 Å². The topological polar surface area (TPSA) is 63.6 Å². The van der Waals surface area contributed by atoms with Crippen LogP contribution in [0.15, 0.2) is 6.07 Å². The maximum Gasteiger partial charge on any atom is 0.182 e. The number of aryl methyl sites for hydroxylation is 3. The highest BCUT2D eigenvalue weighted by Gasteiger charge is 2.30. The Labute approximate surface area is 159 Å². The number of nitrogens with one attached hydrogen (secondary N) is 1. The third kappa shape index (κ3) is 2.40. The molecular formula is C22H26N4O. The summed E-state index contributed by atoms with van der Waals surface area (Å²) in [4.78, 5) is 17.7. The Morgan fingerprint density at radius 3 is 2.63 bits per heavy atom. The first-order valence-electron chi connectivity index (χ1n) is 10.2. The summed E-state index contributed by atoms with van der Waals surface area (Å²) >= 11 is 0. The van der Waals surface area contributed by atoms with Crippen LogP contribution in [0.25, 0.3) is 22.2 Å². The molecule has 0 atom stereocenters. The van der Waals surface area contributed by atoms with Crippen molar-refractivity contribution in [3.8, 4) is 11.1 Å². The number of carbonyl (C=O) groups is 1. The third-order valence-corrected chi connectivity index (χ3v) is 6.50. The van der Waals surface area contributed by atoms with Gasteiger partial charge in [0.05, 0.1) is 11.1 Å². The Bertz CT molecular complexity index is 1070. The van der Waals surface area contributed by atoms with Gasteiger partial charge in [-0.15, -0.1) is 0 Å². The van der Waals surface area contributed by atoms with Gasteiger partial charge in [-0.1, -0.05) is 12.8 Å². The van der Waals surface area contributed by atoms with Gasteiger partial charge in [-0.3, -0.25) is 9.89 Å². The molecule has 1 N–H and O–H groups in total. The highest BCUT2D eigenvalue weighted by atomic mass is 16.1. The maximum atomic E-state index is 12.9. The third-order valence-electron chi connectivity index (χ3n) is 6.50. The number of hydrogen-bond acceptors (Lipinski definition) is 3. The zero-order valence-corrected chi connectivity index (χ0v) is 16.4. The molecule has 5 rings (SSSR count). The van der Waals surface area contributed by atoms with Crippen LogP contribution in [0.2, 0.25) is 0 Å². The Morgan fingerprint density at radius 2 is 1.85 bits per heavy atom. The van der Waals surface area contributed by atoms with E-state index in [1.54, 1.807) is 0 Å². The van der Waals surface area contributed by atoms with Crippen molar-refractivity contribution in [2.24, 2.45) is 0 Å². The van der Waals surface area contributed by atoms with Crippen LogP contribution >= 0.6 is 0 Å². The summed E-state index contributed by atoms with van der Waals surface area (Å²) in [7, 11) is 0. The van der Waals surface area contributed by atoms with Crippen molar-refractivity contribution in [2.75, 3.05) is 0 Å². The van der Waals surface area contributed by atoms with Crippen LogP contribution in [0.4, 0.5) is 0 Å². The molecule has 0 radical (unpaired) electrons. The number of carbonyl (C=O) groups excluding carboxylic acids is 1. The van der Waals surface area contributed by atoms with Gasteiger partial charge >= 0.3 is 0 Å². The molecule has 0 bridgehead atoms. The van der Waals surface area contributed by atoms with Crippen LogP contribution < -0.4 is 0 Å². The van der Waals surface area contributed by atoms with Crippen LogP contribution in [0, 0.1) is 20.8 Å². The zero-order chi connectivity index (χ0) is 18.7. The van der Waals surface area contributed by atoms with E-state index in [2.05, 4.69) is 34.7 Å². The molecule has 3 aromatic rings. The SMILES string of the molecule is Cc1[nH]nc2nc3c(c(-c4cc(C)n(C5CCCC5)c4C)c12)C(=O)CCC3. The lowest BCUT2D eigenvalue weighted by molar-refractivity contribution is 0.0972. The molecule has 5 heteroatoms. The average molecular weight is 362 g/mol. The first-order valence-corrected chi connectivity index (χ1v) is 10.2. The van der Waals surface area contributed by atoms with Crippen LogP contribution in [0.3, 0.4) is 0 Å². The number of rotatable bonds is 2. The van der Waals surface area contributed by atoms with E-state index in [-0.39, 0.29) is 5.78 Å². The van der Waals surface area contributed by atoms with Crippen molar-refractivity contribution >= 4 is 16.8 Å². The number of nitrogens with zero attached hydrogens (tertiary/aromatic N) is 3. The summed E-state index contributed by atoms with van der Waals surface area (Å²) < 4.78 is 2.50. The lowest BCUT2D eigenvalue weighted by Gasteiger charge is -2.20. The van der Waals surface area contributed by atoms with Crippen LogP contribution in [-0.4, -0.2) is 25.5 Å². The number of aromatic nitrogens is 4. The van der Waals surface area contributed by atoms with Crippen LogP contribution in [-0.2, 0) is 6.42 Å². The molecule has 5 nitrogen and oxygen atoms in total. The van der Waals surface area contributed by atoms with E-state index in [1.807, 2.05) is 6.92 Å². The van der Waals surface area contributed by atoms with Gasteiger partial charge in [0.2, 0.25) is 0 Å². The fourth-order valence-corrected chi connectivity index (χ4v) is 5.30. The van der Waals surface area contributed by atoms with Gasteiger partial charge in [0, 0.05) is 46.2 Å². The smallest absolute Gasteiger partial charge is 0.182 e. The molecule has 0 aliphatic heterocycles. The van der Waals surface area contributed by atoms with Gasteiger partial charge in [-0.05, 0) is 52.5 Å². The summed E-state index contributed by atoms with van der Waals surface area (Å²) in [6.07, 6.45) is 7.49. The normalized spacial score (nSPS) is 17.8. The van der Waals surface area contributed by atoms with Crippen molar-refractivity contribution in [3.63, 3.8) is 0 Å². The Hall–Kier alpha value is -2.43. The van der Waals surface area contributed by atoms with Gasteiger partial charge < -0.3 is 4.57 Å². The monoisotopic (exact) mass is 362 g/mol. The van der Waals surface area contributed by atoms with E-state index in [0.717, 1.165) is 46.4 Å². The largest absolute Gasteiger partial charge is 0.346 e. The maximum absolute atomic E-state index is 12.9. The lowest BCUT2D eigenvalue weighted by Crippen LogP contribution is -2.15. The molecule has 0 amide bonds. The minimum absolute atomic E-state index is 0.229. The first kappa shape index (κ1) is 16.7. The van der Waals surface area contributed by atoms with E-state index in [1.165, 1.54) is 42.6 Å². The Balaban J connectivity index is 1.83. The molecule has 0 aromatic carbocycles. The molecular weight excluding hydrogens is 336 g/mol. The van der Waals surface area contributed by atoms with E-state index >= 15 is 0 Å². The minimum atomic E-state index is 0.229. The summed E-state index contributed by atoms with van der Waals surface area (Å²) in [5, 5.41) is 8.52. The highest BCUT2D eigenvalue weighted by molar-refractivity contribution is 6.11. The fraction of sp³-hybridized carbons (Fsp3) is 0.500. The molecule has 27 heavy (non-hydrogen) atoms. The molecule has 2 aliphatic rings. The van der Waals surface area contributed by atoms with Gasteiger partial charge in [0.1, 0.15) is 0 Å². The highest BCUT2D eigenvalue weighted by Crippen LogP contribution is 2.42. The number of pyridine rings is 1. The number of hydrogen-bond donors (Lipinski definition) is 1. The average Bonchev–Trinajstić information content (AvgIpc) is 3.35. The van der Waals surface area contributed by atoms with E-state index < -0.39 is 0 Å². The van der Waals surface area contributed by atoms with Crippen LogP contribution in [0.1, 0.15) is 77.7 Å². The summed E-state index contributed by atoms with van der Waals surface area (Å²) in [6.45, 7) is 6.43. The number of ketones is 1. The van der Waals surface area contributed by atoms with Crippen molar-refractivity contribution in [1.29, 1.82) is 0 Å². The lowest BCUT2D eigenvalue weighted by atomic mass is 9.86. The Kier molecular flexibility index (Phi) is 3.74. The van der Waals surface area contributed by atoms with Gasteiger partial charge in [-0.2, -0.15) is 5.10 Å². The number of H-pyrrole nitrogens is 1. The standard InChI is InChI=1S/C22H26N4O/c1-12-11-16(14(3)26(12)15-7-4-5-8-15)20-19-13(2)24-25-22(19)23-17-9-6-10-18(27)21(17)20/h11,15H,4-10H2,1-3H3,(H,23,24,25). The number of aromatic amines is 1. The van der Waals surface area contributed by atoms with Crippen molar-refractivity contribution in [3.05, 3.63) is 34.4 Å². The summed E-state index contributed by atoms with van der Waals surface area (Å²) in [6, 6.07) is 2.87. The fourth-order valence-electron chi connectivity index (χ4n) is 5.30. The van der Waals surface area contributed by atoms with Crippen molar-refractivity contribution in [2.45, 2.75) is 71.8 Å². The number of fused-ring (bicyclic) bond motifs is 2. The zero-order valence-electron chi connectivity index (χ0n) is 16.4. The molecule has 140 valence electrons. The predicted molar refractivity (Wildman–Crippen MR) is 106 cm³/mol. The molecule has 2 aliphatic carbocycles. The van der Waals surface area contributed by atoms with Gasteiger partial charge in [-0.25, -0.2) is 4.98 Å². The Morgan fingerprint density at radius 1 is 1.07 bits per heavy atom. The second kappa shape index (κ2) is 6.04. The number of Topliss-reactive ketones (excluding diaryl/α,β-unsaturated/α-hetero) is 1. The molecule has 3 aromatic heterocycles. The predicted octanol–water partition coefficient (Wildman–Crippen LogP) is 4.99. The van der Waals surface area contributed by atoms with E-state index in [0.29, 0.717) is 12.5 Å². The molecule has 0 unspecified atom stereocenters. The summed E-state index contributed by atoms with van der Waals surface area (Å²) in [5.74, 6) is 0.229. The molecule has 0 spiro atoms. The van der Waals surface area contributed by atoms with E-state index in [9.17, 15) is 4.79 Å². The summed E-state index contributed by atoms with van der Waals surface area (Å²) in [5.41, 5.74) is 8.29. The molecule has 3 heterocycles. The second-order valence-corrected chi connectivity index (χ2v) is 8.23. The van der Waals surface area contributed by atoms with Crippen LogP contribution in [0.5, 0.6) is 0 Å². The first-order chi connectivity index (χ1) is 13.1. The van der Waals surface area contributed by atoms with Crippen molar-refractivity contribution < 1.29 is 4.79 Å². The quantitative estimate of drug-likeness (QED) is 0.699. The molecule has 0 saturated heterocycles. The second-order valence-electron chi connectivity index (χ2n) is 8.23. The molecule has 1 saturated carbocycles. The van der Waals surface area contributed by atoms with Gasteiger partial charge in [0.15, 0.2) is 11.4 Å². The van der Waals surface area contributed by atoms with E-state index in [4.69, 9.17) is 4.98 Å². The minimum Gasteiger partial charge on any atom is -0.346 e.